The summed E-state index contributed by atoms with van der Waals surface area (Å²) >= 11 is 1.41. The van der Waals surface area contributed by atoms with E-state index in [-0.39, 0.29) is 0 Å². The average Bonchev–Trinajstić information content (AvgIpc) is 3.21. The fourth-order valence-electron chi connectivity index (χ4n) is 4.38. The summed E-state index contributed by atoms with van der Waals surface area (Å²) in [6.07, 6.45) is 6.90. The Labute approximate surface area is 172 Å². The van der Waals surface area contributed by atoms with Crippen LogP contribution in [0.4, 0.5) is 4.79 Å². The summed E-state index contributed by atoms with van der Waals surface area (Å²) < 4.78 is 5.10. The van der Waals surface area contributed by atoms with Crippen molar-refractivity contribution >= 4 is 35.2 Å². The number of hydrogen-bond acceptors (Lipinski definition) is 6. The predicted octanol–water partition coefficient (Wildman–Crippen LogP) is 2.32. The molecule has 9 heteroatoms. The molecule has 1 saturated heterocycles. The average molecular weight is 420 g/mol. The molecule has 1 atom stereocenters. The van der Waals surface area contributed by atoms with E-state index in [2.05, 4.69) is 17.7 Å². The van der Waals surface area contributed by atoms with Gasteiger partial charge in [-0.05, 0) is 49.7 Å². The summed E-state index contributed by atoms with van der Waals surface area (Å²) in [5.74, 6) is -1.12. The van der Waals surface area contributed by atoms with Crippen molar-refractivity contribution in [3.05, 3.63) is 21.4 Å². The Bertz CT molecular complexity index is 858. The number of nitrogens with one attached hydrogen (secondary N) is 2. The molecule has 1 spiro atoms. The largest absolute Gasteiger partial charge is 0.451 e. The number of carbonyl (C=O) groups is 4. The first kappa shape index (κ1) is 19.9. The van der Waals surface area contributed by atoms with Gasteiger partial charge in [0.05, 0.1) is 0 Å². The molecule has 2 fully saturated rings. The predicted molar refractivity (Wildman–Crippen MR) is 105 cm³/mol. The number of carbonyl (C=O) groups excluding carboxylic acids is 4. The third-order valence-electron chi connectivity index (χ3n) is 5.97. The van der Waals surface area contributed by atoms with Crippen LogP contribution in [0.3, 0.4) is 0 Å². The molecule has 1 aromatic rings. The van der Waals surface area contributed by atoms with E-state index in [4.69, 9.17) is 4.74 Å². The maximum Gasteiger partial charge on any atom is 0.348 e. The van der Waals surface area contributed by atoms with Crippen molar-refractivity contribution in [3.63, 3.8) is 0 Å². The molecule has 0 bridgehead atoms. The van der Waals surface area contributed by atoms with Crippen LogP contribution >= 0.6 is 11.3 Å². The fourth-order valence-corrected chi connectivity index (χ4v) is 5.48. The summed E-state index contributed by atoms with van der Waals surface area (Å²) in [6, 6.07) is 1.21. The molecule has 2 aliphatic carbocycles. The normalized spacial score (nSPS) is 22.9. The maximum absolute atomic E-state index is 12.6. The molecular weight excluding hydrogens is 394 g/mol. The minimum atomic E-state index is -0.910. The van der Waals surface area contributed by atoms with Gasteiger partial charge in [0.15, 0.2) is 6.61 Å². The van der Waals surface area contributed by atoms with Gasteiger partial charge in [-0.25, -0.2) is 9.59 Å². The van der Waals surface area contributed by atoms with Crippen molar-refractivity contribution in [2.24, 2.45) is 5.92 Å². The number of esters is 1. The van der Waals surface area contributed by atoms with Crippen molar-refractivity contribution in [2.75, 3.05) is 6.61 Å². The number of imide groups is 1. The molecule has 8 nitrogen and oxygen atoms in total. The number of aryl methyl sites for hydroxylation is 1. The molecule has 1 saturated carbocycles. The summed E-state index contributed by atoms with van der Waals surface area (Å²) in [7, 11) is 0. The second-order valence-corrected chi connectivity index (χ2v) is 9.37. The first-order chi connectivity index (χ1) is 13.9. The van der Waals surface area contributed by atoms with Gasteiger partial charge in [-0.3, -0.25) is 15.0 Å². The molecule has 1 aromatic heterocycles. The van der Waals surface area contributed by atoms with Crippen LogP contribution in [-0.2, 0) is 27.2 Å². The number of rotatable bonds is 4. The highest BCUT2D eigenvalue weighted by Crippen LogP contribution is 2.33. The van der Waals surface area contributed by atoms with Crippen LogP contribution in [0.15, 0.2) is 6.07 Å². The van der Waals surface area contributed by atoms with Crippen LogP contribution in [0, 0.1) is 5.92 Å². The van der Waals surface area contributed by atoms with Crippen LogP contribution in [-0.4, -0.2) is 41.0 Å². The molecule has 4 rings (SSSR count). The second-order valence-electron chi connectivity index (χ2n) is 8.23. The highest BCUT2D eigenvalue weighted by atomic mass is 32.1. The number of ether oxygens (including phenoxy) is 1. The lowest BCUT2D eigenvalue weighted by Gasteiger charge is -2.30. The summed E-state index contributed by atoms with van der Waals surface area (Å²) in [4.78, 5) is 51.0. The first-order valence-electron chi connectivity index (χ1n) is 10.1. The summed E-state index contributed by atoms with van der Waals surface area (Å²) in [5.41, 5.74) is 2.54. The Morgan fingerprint density at radius 1 is 1.31 bits per heavy atom. The van der Waals surface area contributed by atoms with Crippen LogP contribution in [0.5, 0.6) is 0 Å². The fraction of sp³-hybridized carbons (Fsp3) is 0.600. The third-order valence-corrected chi connectivity index (χ3v) is 7.19. The second kappa shape index (κ2) is 7.78. The molecule has 0 aromatic carbocycles. The zero-order chi connectivity index (χ0) is 20.6. The Hall–Kier alpha value is -2.42. The van der Waals surface area contributed by atoms with Crippen molar-refractivity contribution in [3.8, 4) is 0 Å². The minimum absolute atomic E-state index is 0.443. The van der Waals surface area contributed by atoms with Gasteiger partial charge >= 0.3 is 12.0 Å². The van der Waals surface area contributed by atoms with Gasteiger partial charge < -0.3 is 10.1 Å². The highest BCUT2D eigenvalue weighted by Gasteiger charge is 2.52. The van der Waals surface area contributed by atoms with Gasteiger partial charge in [-0.2, -0.15) is 5.01 Å². The van der Waals surface area contributed by atoms with Gasteiger partial charge in [0.25, 0.3) is 11.8 Å². The van der Waals surface area contributed by atoms with E-state index in [1.807, 2.05) is 6.07 Å². The van der Waals surface area contributed by atoms with Gasteiger partial charge in [0, 0.05) is 4.88 Å². The number of amides is 4. The van der Waals surface area contributed by atoms with E-state index in [9.17, 15) is 19.2 Å². The van der Waals surface area contributed by atoms with Crippen LogP contribution < -0.4 is 10.7 Å². The molecule has 2 heterocycles. The monoisotopic (exact) mass is 419 g/mol. The van der Waals surface area contributed by atoms with Crippen molar-refractivity contribution in [1.82, 2.24) is 15.8 Å². The molecule has 29 heavy (non-hydrogen) atoms. The smallest absolute Gasteiger partial charge is 0.348 e. The molecular formula is C20H25N3O5S. The highest BCUT2D eigenvalue weighted by molar-refractivity contribution is 7.14. The number of nitrogens with zero attached hydrogens (tertiary/aromatic N) is 1. The summed E-state index contributed by atoms with van der Waals surface area (Å²) in [6.45, 7) is 1.64. The Morgan fingerprint density at radius 2 is 2.07 bits per heavy atom. The summed E-state index contributed by atoms with van der Waals surface area (Å²) in [5, 5.41) is 3.43. The van der Waals surface area contributed by atoms with E-state index in [1.54, 1.807) is 0 Å². The van der Waals surface area contributed by atoms with E-state index < -0.39 is 36.0 Å². The Balaban J connectivity index is 1.31. The zero-order valence-corrected chi connectivity index (χ0v) is 17.2. The van der Waals surface area contributed by atoms with Gasteiger partial charge in [0.1, 0.15) is 10.4 Å². The van der Waals surface area contributed by atoms with Crippen molar-refractivity contribution in [1.29, 1.82) is 0 Å². The number of fused-ring (bicyclic) bond motifs is 1. The molecule has 1 aliphatic heterocycles. The molecule has 2 N–H and O–H groups in total. The molecule has 1 unspecified atom stereocenters. The first-order valence-corrected chi connectivity index (χ1v) is 10.9. The Morgan fingerprint density at radius 3 is 2.83 bits per heavy atom. The number of hydrazine groups is 1. The molecule has 3 aliphatic rings. The lowest BCUT2D eigenvalue weighted by molar-refractivity contribution is -0.140. The van der Waals surface area contributed by atoms with Gasteiger partial charge in [0.2, 0.25) is 0 Å². The lowest BCUT2D eigenvalue weighted by atomic mass is 9.82. The zero-order valence-electron chi connectivity index (χ0n) is 16.4. The van der Waals surface area contributed by atoms with E-state index in [1.165, 1.54) is 21.8 Å². The number of hydrogen-bond donors (Lipinski definition) is 2. The quantitative estimate of drug-likeness (QED) is 0.576. The van der Waals surface area contributed by atoms with Gasteiger partial charge in [-0.15, -0.1) is 11.3 Å². The maximum atomic E-state index is 12.6. The van der Waals surface area contributed by atoms with E-state index >= 15 is 0 Å². The standard InChI is InChI=1S/C20H25N3O5S/c1-12-5-6-14-13(9-12)10-15(29-14)17(25)28-11-16(24)22-23-18(26)20(21-19(23)27)7-3-2-4-8-20/h10,12H,2-9,11H2,1H3,(H,21,27)(H,22,24). The van der Waals surface area contributed by atoms with Crippen molar-refractivity contribution < 1.29 is 23.9 Å². The SMILES string of the molecule is CC1CCc2sc(C(=O)OCC(=O)NN3C(=O)NC4(CCCCC4)C3=O)cc2C1. The van der Waals surface area contributed by atoms with E-state index in [0.717, 1.165) is 38.5 Å². The van der Waals surface area contributed by atoms with Crippen LogP contribution in [0.1, 0.15) is 65.6 Å². The topological polar surface area (TPSA) is 105 Å². The van der Waals surface area contributed by atoms with Gasteiger partial charge in [-0.1, -0.05) is 26.2 Å². The number of thiophene rings is 1. The molecule has 156 valence electrons. The number of urea groups is 1. The van der Waals surface area contributed by atoms with Crippen LogP contribution in [0.2, 0.25) is 0 Å². The van der Waals surface area contributed by atoms with E-state index in [0.29, 0.717) is 28.6 Å². The van der Waals surface area contributed by atoms with Crippen molar-refractivity contribution in [2.45, 2.75) is 63.8 Å². The molecule has 0 radical (unpaired) electrons. The minimum Gasteiger partial charge on any atom is -0.451 e. The van der Waals surface area contributed by atoms with Crippen LogP contribution in [0.25, 0.3) is 0 Å². The third kappa shape index (κ3) is 3.88. The molecule has 4 amide bonds. The lowest BCUT2D eigenvalue weighted by Crippen LogP contribution is -2.51. The Kier molecular flexibility index (Phi) is 5.33.